The molecule has 0 saturated heterocycles. The molecule has 1 unspecified atom stereocenters. The summed E-state index contributed by atoms with van der Waals surface area (Å²) >= 11 is 0. The van der Waals surface area contributed by atoms with Gasteiger partial charge in [0.25, 0.3) is 0 Å². The first-order chi connectivity index (χ1) is 8.81. The molecule has 0 radical (unpaired) electrons. The number of hydrogen-bond donors (Lipinski definition) is 4. The molecule has 19 heavy (non-hydrogen) atoms. The lowest BCUT2D eigenvalue weighted by Gasteiger charge is -2.15. The second-order valence-corrected chi connectivity index (χ2v) is 5.65. The number of nitrogens with two attached hydrogens (primary N) is 1. The van der Waals surface area contributed by atoms with Crippen molar-refractivity contribution in [3.63, 3.8) is 0 Å². The molecule has 0 fully saturated rings. The highest BCUT2D eigenvalue weighted by atomic mass is 32.2. The second kappa shape index (κ2) is 6.00. The quantitative estimate of drug-likeness (QED) is 0.546. The Hall–Kier alpha value is -1.64. The molecule has 0 aliphatic rings. The molecule has 5 N–H and O–H groups in total. The van der Waals surface area contributed by atoms with Crippen molar-refractivity contribution in [3.05, 3.63) is 23.8 Å². The van der Waals surface area contributed by atoms with E-state index in [2.05, 4.69) is 4.72 Å². The van der Waals surface area contributed by atoms with Crippen LogP contribution in [0.3, 0.4) is 0 Å². The highest BCUT2D eigenvalue weighted by Crippen LogP contribution is 2.19. The second-order valence-electron chi connectivity index (χ2n) is 3.97. The molecule has 7 nitrogen and oxygen atoms in total. The van der Waals surface area contributed by atoms with Gasteiger partial charge in [-0.2, -0.15) is 0 Å². The number of carbonyl (C=O) groups is 1. The van der Waals surface area contributed by atoms with Gasteiger partial charge in [-0.15, -0.1) is 0 Å². The zero-order chi connectivity index (χ0) is 14.6. The maximum Gasteiger partial charge on any atom is 0.337 e. The van der Waals surface area contributed by atoms with Gasteiger partial charge in [-0.3, -0.25) is 0 Å². The summed E-state index contributed by atoms with van der Waals surface area (Å²) in [5.74, 6) is -1.36. The molecule has 0 aliphatic heterocycles. The van der Waals surface area contributed by atoms with Gasteiger partial charge in [0.15, 0.2) is 0 Å². The van der Waals surface area contributed by atoms with Crippen molar-refractivity contribution in [2.24, 2.45) is 0 Å². The van der Waals surface area contributed by atoms with Crippen molar-refractivity contribution in [2.75, 3.05) is 12.3 Å². The average Bonchev–Trinajstić information content (AvgIpc) is 2.35. The standard InChI is InChI=1S/C11H16N2O5S/c1-2-8(6-14)13-19(17,18)10-5-7(12)3-4-9(10)11(15)16/h3-5,8,13-14H,2,6,12H2,1H3,(H,15,16). The van der Waals surface area contributed by atoms with Crippen molar-refractivity contribution in [1.82, 2.24) is 4.72 Å². The fourth-order valence-electron chi connectivity index (χ4n) is 1.47. The van der Waals surface area contributed by atoms with Crippen molar-refractivity contribution >= 4 is 21.7 Å². The minimum atomic E-state index is -4.05. The first-order valence-electron chi connectivity index (χ1n) is 5.57. The van der Waals surface area contributed by atoms with E-state index in [9.17, 15) is 13.2 Å². The van der Waals surface area contributed by atoms with Crippen LogP contribution >= 0.6 is 0 Å². The first-order valence-corrected chi connectivity index (χ1v) is 7.06. The Labute approximate surface area is 111 Å². The predicted octanol–water partition coefficient (Wildman–Crippen LogP) is 0.0162. The van der Waals surface area contributed by atoms with Crippen molar-refractivity contribution in [2.45, 2.75) is 24.3 Å². The Kier molecular flexibility index (Phi) is 4.87. The Morgan fingerprint density at radius 3 is 2.58 bits per heavy atom. The highest BCUT2D eigenvalue weighted by Gasteiger charge is 2.24. The van der Waals surface area contributed by atoms with E-state index >= 15 is 0 Å². The molecule has 0 aliphatic carbocycles. The lowest BCUT2D eigenvalue weighted by Crippen LogP contribution is -2.37. The van der Waals surface area contributed by atoms with Crippen LogP contribution in [0, 0.1) is 0 Å². The van der Waals surface area contributed by atoms with Crippen LogP contribution < -0.4 is 10.5 Å². The maximum absolute atomic E-state index is 12.1. The number of benzene rings is 1. The van der Waals surface area contributed by atoms with Crippen LogP contribution in [0.1, 0.15) is 23.7 Å². The number of carboxylic acid groups (broad SMARTS) is 1. The zero-order valence-electron chi connectivity index (χ0n) is 10.3. The number of anilines is 1. The summed E-state index contributed by atoms with van der Waals surface area (Å²) < 4.78 is 26.4. The smallest absolute Gasteiger partial charge is 0.337 e. The highest BCUT2D eigenvalue weighted by molar-refractivity contribution is 7.89. The van der Waals surface area contributed by atoms with Crippen LogP contribution in [0.25, 0.3) is 0 Å². The minimum Gasteiger partial charge on any atom is -0.478 e. The third-order valence-corrected chi connectivity index (χ3v) is 4.12. The summed E-state index contributed by atoms with van der Waals surface area (Å²) in [6.07, 6.45) is 0.375. The summed E-state index contributed by atoms with van der Waals surface area (Å²) in [6, 6.07) is 2.85. The molecule has 1 rings (SSSR count). The Morgan fingerprint density at radius 2 is 2.11 bits per heavy atom. The number of nitrogen functional groups attached to an aromatic ring is 1. The van der Waals surface area contributed by atoms with E-state index in [-0.39, 0.29) is 17.9 Å². The van der Waals surface area contributed by atoms with Crippen LogP contribution in [-0.4, -0.2) is 37.2 Å². The van der Waals surface area contributed by atoms with Gasteiger partial charge in [0.1, 0.15) is 0 Å². The number of hydrogen-bond acceptors (Lipinski definition) is 5. The van der Waals surface area contributed by atoms with E-state index < -0.39 is 26.9 Å². The fourth-order valence-corrected chi connectivity index (χ4v) is 3.01. The van der Waals surface area contributed by atoms with Gasteiger partial charge in [0, 0.05) is 11.7 Å². The normalized spacial score (nSPS) is 13.2. The molecular weight excluding hydrogens is 272 g/mol. The van der Waals surface area contributed by atoms with Crippen LogP contribution in [0.5, 0.6) is 0 Å². The van der Waals surface area contributed by atoms with Crippen molar-refractivity contribution < 1.29 is 23.4 Å². The zero-order valence-corrected chi connectivity index (χ0v) is 11.1. The molecule has 1 aromatic carbocycles. The van der Waals surface area contributed by atoms with Crippen LogP contribution in [0.2, 0.25) is 0 Å². The molecule has 0 aromatic heterocycles. The molecule has 8 heteroatoms. The van der Waals surface area contributed by atoms with E-state index in [1.165, 1.54) is 6.07 Å². The molecule has 0 amide bonds. The summed E-state index contributed by atoms with van der Waals surface area (Å²) in [6.45, 7) is 1.32. The number of rotatable bonds is 6. The molecular formula is C11H16N2O5S. The van der Waals surface area contributed by atoms with Crippen LogP contribution in [0.4, 0.5) is 5.69 Å². The summed E-state index contributed by atoms with van der Waals surface area (Å²) in [5, 5.41) is 18.0. The van der Waals surface area contributed by atoms with Gasteiger partial charge in [-0.1, -0.05) is 6.92 Å². The van der Waals surface area contributed by atoms with Gasteiger partial charge < -0.3 is 15.9 Å². The number of aromatic carboxylic acids is 1. The molecule has 1 atom stereocenters. The largest absolute Gasteiger partial charge is 0.478 e. The predicted molar refractivity (Wildman–Crippen MR) is 69.3 cm³/mol. The fraction of sp³-hybridized carbons (Fsp3) is 0.364. The van der Waals surface area contributed by atoms with Crippen LogP contribution in [0.15, 0.2) is 23.1 Å². The number of sulfonamides is 1. The summed E-state index contributed by atoms with van der Waals surface area (Å²) in [7, 11) is -4.05. The van der Waals surface area contributed by atoms with E-state index in [1.807, 2.05) is 0 Å². The SMILES string of the molecule is CCC(CO)NS(=O)(=O)c1cc(N)ccc1C(=O)O. The maximum atomic E-state index is 12.1. The van der Waals surface area contributed by atoms with Crippen molar-refractivity contribution in [3.8, 4) is 0 Å². The number of aliphatic hydroxyl groups excluding tert-OH is 1. The number of carboxylic acids is 1. The lowest BCUT2D eigenvalue weighted by molar-refractivity contribution is 0.0692. The molecule has 106 valence electrons. The van der Waals surface area contributed by atoms with E-state index in [1.54, 1.807) is 6.92 Å². The van der Waals surface area contributed by atoms with Crippen LogP contribution in [-0.2, 0) is 10.0 Å². The van der Waals surface area contributed by atoms with Gasteiger partial charge in [0.05, 0.1) is 17.1 Å². The first kappa shape index (κ1) is 15.4. The Balaban J connectivity index is 3.27. The van der Waals surface area contributed by atoms with E-state index in [4.69, 9.17) is 15.9 Å². The monoisotopic (exact) mass is 288 g/mol. The third-order valence-electron chi connectivity index (χ3n) is 2.56. The third kappa shape index (κ3) is 3.66. The van der Waals surface area contributed by atoms with Crippen molar-refractivity contribution in [1.29, 1.82) is 0 Å². The molecule has 0 bridgehead atoms. The molecule has 0 heterocycles. The Bertz CT molecular complexity index is 566. The molecule has 1 aromatic rings. The average molecular weight is 288 g/mol. The van der Waals surface area contributed by atoms with Gasteiger partial charge >= 0.3 is 5.97 Å². The Morgan fingerprint density at radius 1 is 1.47 bits per heavy atom. The minimum absolute atomic E-state index is 0.141. The molecule has 0 spiro atoms. The number of nitrogens with one attached hydrogen (secondary N) is 1. The van der Waals surface area contributed by atoms with Gasteiger partial charge in [-0.05, 0) is 24.6 Å². The number of aliphatic hydroxyl groups is 1. The molecule has 0 saturated carbocycles. The van der Waals surface area contributed by atoms with E-state index in [0.29, 0.717) is 6.42 Å². The van der Waals surface area contributed by atoms with Gasteiger partial charge in [0.2, 0.25) is 10.0 Å². The summed E-state index contributed by atoms with van der Waals surface area (Å²) in [5.41, 5.74) is 5.26. The summed E-state index contributed by atoms with van der Waals surface area (Å²) in [4.78, 5) is 10.6. The topological polar surface area (TPSA) is 130 Å². The lowest BCUT2D eigenvalue weighted by atomic mass is 10.2. The van der Waals surface area contributed by atoms with Gasteiger partial charge in [-0.25, -0.2) is 17.9 Å². The van der Waals surface area contributed by atoms with E-state index in [0.717, 1.165) is 12.1 Å².